The van der Waals surface area contributed by atoms with Gasteiger partial charge in [-0.1, -0.05) is 14.9 Å². The first-order valence-corrected chi connectivity index (χ1v) is 6.01. The third kappa shape index (κ3) is 5.61. The Morgan fingerprint density at radius 1 is 1.14 bits per heavy atom. The number of hydrogen-bond acceptors (Lipinski definition) is 5. The van der Waals surface area contributed by atoms with Crippen molar-refractivity contribution in [2.45, 2.75) is 28.2 Å². The van der Waals surface area contributed by atoms with Gasteiger partial charge in [0.15, 0.2) is 0 Å². The summed E-state index contributed by atoms with van der Waals surface area (Å²) < 4.78 is 9.47. The van der Waals surface area contributed by atoms with Crippen LogP contribution in [0.1, 0.15) is 28.2 Å². The summed E-state index contributed by atoms with van der Waals surface area (Å²) in [4.78, 5) is 37.4. The second-order valence-corrected chi connectivity index (χ2v) is 5.16. The Bertz CT molecular complexity index is 372. The fraction of sp³-hybridized carbons (Fsp3) is 0.786. The Labute approximate surface area is 127 Å². The van der Waals surface area contributed by atoms with E-state index in [4.69, 9.17) is 9.47 Å². The van der Waals surface area contributed by atoms with Crippen molar-refractivity contribution in [2.24, 2.45) is 5.41 Å². The summed E-state index contributed by atoms with van der Waals surface area (Å²) in [6.07, 6.45) is -0.543. The van der Waals surface area contributed by atoms with Gasteiger partial charge >= 0.3 is 12.2 Å². The van der Waals surface area contributed by atoms with Crippen molar-refractivity contribution in [2.75, 3.05) is 40.9 Å². The van der Waals surface area contributed by atoms with Crippen molar-refractivity contribution in [3.05, 3.63) is 0 Å². The summed E-state index contributed by atoms with van der Waals surface area (Å²) in [7, 11) is 4.93. The van der Waals surface area contributed by atoms with E-state index in [9.17, 15) is 14.4 Å². The lowest BCUT2D eigenvalue weighted by atomic mass is 9.85. The summed E-state index contributed by atoms with van der Waals surface area (Å²) in [6, 6.07) is -0.163. The number of nitrogens with zero attached hydrogens (tertiary/aromatic N) is 2. The summed E-state index contributed by atoms with van der Waals surface area (Å²) in [5.74, 6) is -0.0848. The normalized spacial score (nSPS) is 15.5. The van der Waals surface area contributed by atoms with Crippen LogP contribution in [0.25, 0.3) is 0 Å². The molecule has 0 aromatic carbocycles. The van der Waals surface area contributed by atoms with Crippen molar-refractivity contribution in [1.82, 2.24) is 9.80 Å². The summed E-state index contributed by atoms with van der Waals surface area (Å²) in [5.41, 5.74) is -0.823. The molecule has 1 heterocycles. The standard InChI is InChI=1S/C12H20N2O5.2CH4/c1-12(7-18-11(17)19-8-12)9(15)5-6-14(4)10(16)13(2)3;;/h5-8H2,1-4H3;2*1H4. The smallest absolute Gasteiger partial charge is 0.433 e. The van der Waals surface area contributed by atoms with Crippen LogP contribution in [0.4, 0.5) is 9.59 Å². The van der Waals surface area contributed by atoms with Gasteiger partial charge in [0.2, 0.25) is 0 Å². The second kappa shape index (κ2) is 8.49. The van der Waals surface area contributed by atoms with Crippen LogP contribution in [0, 0.1) is 5.41 Å². The van der Waals surface area contributed by atoms with E-state index in [1.165, 1.54) is 9.80 Å². The van der Waals surface area contributed by atoms with E-state index in [0.717, 1.165) is 0 Å². The minimum atomic E-state index is -0.823. The number of carbonyl (C=O) groups excluding carboxylic acids is 3. The topological polar surface area (TPSA) is 76.2 Å². The van der Waals surface area contributed by atoms with E-state index in [2.05, 4.69) is 0 Å². The third-order valence-corrected chi connectivity index (χ3v) is 3.07. The van der Waals surface area contributed by atoms with E-state index in [-0.39, 0.29) is 46.3 Å². The molecular formula is C14H28N2O5. The SMILES string of the molecule is C.C.CN(C)C(=O)N(C)CCC(=O)C1(C)COC(=O)OC1. The van der Waals surface area contributed by atoms with Gasteiger partial charge in [0.1, 0.15) is 19.0 Å². The number of cyclic esters (lactones) is 2. The molecule has 0 bridgehead atoms. The zero-order valence-electron chi connectivity index (χ0n) is 11.8. The molecule has 0 radical (unpaired) electrons. The zero-order valence-corrected chi connectivity index (χ0v) is 11.8. The minimum Gasteiger partial charge on any atom is -0.433 e. The highest BCUT2D eigenvalue weighted by Gasteiger charge is 2.39. The number of carbonyl (C=O) groups is 3. The lowest BCUT2D eigenvalue weighted by Gasteiger charge is -2.31. The van der Waals surface area contributed by atoms with Crippen molar-refractivity contribution in [3.8, 4) is 0 Å². The lowest BCUT2D eigenvalue weighted by Crippen LogP contribution is -2.45. The van der Waals surface area contributed by atoms with Crippen molar-refractivity contribution in [3.63, 3.8) is 0 Å². The average molecular weight is 304 g/mol. The molecule has 0 aromatic rings. The molecule has 124 valence electrons. The number of amides is 2. The van der Waals surface area contributed by atoms with Crippen molar-refractivity contribution < 1.29 is 23.9 Å². The monoisotopic (exact) mass is 304 g/mol. The Kier molecular flexibility index (Phi) is 8.69. The number of ketones is 1. The average Bonchev–Trinajstić information content (AvgIpc) is 2.38. The van der Waals surface area contributed by atoms with Gasteiger partial charge in [0.05, 0.1) is 5.41 Å². The summed E-state index contributed by atoms with van der Waals surface area (Å²) in [5, 5.41) is 0. The number of ether oxygens (including phenoxy) is 2. The number of rotatable bonds is 4. The second-order valence-electron chi connectivity index (χ2n) is 5.16. The maximum absolute atomic E-state index is 12.1. The minimum absolute atomic E-state index is 0. The lowest BCUT2D eigenvalue weighted by molar-refractivity contribution is -0.139. The molecule has 1 rings (SSSR count). The number of urea groups is 1. The van der Waals surface area contributed by atoms with Gasteiger partial charge < -0.3 is 19.3 Å². The molecule has 7 heteroatoms. The van der Waals surface area contributed by atoms with Gasteiger partial charge in [-0.15, -0.1) is 0 Å². The van der Waals surface area contributed by atoms with Crippen molar-refractivity contribution >= 4 is 18.0 Å². The summed E-state index contributed by atoms with van der Waals surface area (Å²) in [6.45, 7) is 2.06. The van der Waals surface area contributed by atoms with Crippen LogP contribution < -0.4 is 0 Å². The van der Waals surface area contributed by atoms with Gasteiger partial charge in [0, 0.05) is 34.1 Å². The third-order valence-electron chi connectivity index (χ3n) is 3.07. The predicted octanol–water partition coefficient (Wildman–Crippen LogP) is 2.00. The molecule has 1 aliphatic heterocycles. The summed E-state index contributed by atoms with van der Waals surface area (Å²) >= 11 is 0. The van der Waals surface area contributed by atoms with Crippen LogP contribution >= 0.6 is 0 Å². The molecule has 0 saturated carbocycles. The van der Waals surface area contributed by atoms with E-state index >= 15 is 0 Å². The highest BCUT2D eigenvalue weighted by Crippen LogP contribution is 2.25. The first kappa shape index (κ1) is 21.5. The largest absolute Gasteiger partial charge is 0.508 e. The van der Waals surface area contributed by atoms with Crippen LogP contribution in [-0.4, -0.2) is 68.7 Å². The van der Waals surface area contributed by atoms with Gasteiger partial charge in [-0.05, 0) is 6.92 Å². The molecule has 0 spiro atoms. The highest BCUT2D eigenvalue weighted by molar-refractivity contribution is 5.86. The van der Waals surface area contributed by atoms with Crippen LogP contribution in [0.5, 0.6) is 0 Å². The maximum atomic E-state index is 12.1. The maximum Gasteiger partial charge on any atom is 0.508 e. The number of hydrogen-bond donors (Lipinski definition) is 0. The van der Waals surface area contributed by atoms with Gasteiger partial charge in [-0.25, -0.2) is 9.59 Å². The van der Waals surface area contributed by atoms with E-state index in [1.807, 2.05) is 0 Å². The van der Waals surface area contributed by atoms with Crippen LogP contribution in [0.15, 0.2) is 0 Å². The van der Waals surface area contributed by atoms with Crippen molar-refractivity contribution in [1.29, 1.82) is 0 Å². The Morgan fingerprint density at radius 3 is 2.05 bits per heavy atom. The zero-order chi connectivity index (χ0) is 14.6. The quantitative estimate of drug-likeness (QED) is 0.743. The molecule has 21 heavy (non-hydrogen) atoms. The molecule has 0 N–H and O–H groups in total. The van der Waals surface area contributed by atoms with Gasteiger partial charge in [0.25, 0.3) is 0 Å². The fourth-order valence-electron chi connectivity index (χ4n) is 1.69. The Morgan fingerprint density at radius 2 is 1.62 bits per heavy atom. The molecule has 0 atom stereocenters. The molecule has 1 aliphatic rings. The van der Waals surface area contributed by atoms with Gasteiger partial charge in [-0.2, -0.15) is 0 Å². The van der Waals surface area contributed by atoms with E-state index in [0.29, 0.717) is 6.54 Å². The molecule has 1 fully saturated rings. The Balaban J connectivity index is 0. The number of Topliss-reactive ketones (excluding diaryl/α,β-unsaturated/α-hetero) is 1. The molecule has 0 aliphatic carbocycles. The van der Waals surface area contributed by atoms with Gasteiger partial charge in [-0.3, -0.25) is 4.79 Å². The first-order chi connectivity index (χ1) is 8.76. The van der Waals surface area contributed by atoms with Crippen LogP contribution in [0.2, 0.25) is 0 Å². The van der Waals surface area contributed by atoms with E-state index < -0.39 is 11.6 Å². The van der Waals surface area contributed by atoms with Crippen LogP contribution in [-0.2, 0) is 14.3 Å². The molecule has 2 amide bonds. The molecular weight excluding hydrogens is 276 g/mol. The first-order valence-electron chi connectivity index (χ1n) is 6.01. The predicted molar refractivity (Wildman–Crippen MR) is 80.2 cm³/mol. The molecule has 1 saturated heterocycles. The Hall–Kier alpha value is -1.79. The van der Waals surface area contributed by atoms with Crippen LogP contribution in [0.3, 0.4) is 0 Å². The molecule has 7 nitrogen and oxygen atoms in total. The highest BCUT2D eigenvalue weighted by atomic mass is 16.7. The molecule has 0 unspecified atom stereocenters. The fourth-order valence-corrected chi connectivity index (χ4v) is 1.69. The van der Waals surface area contributed by atoms with E-state index in [1.54, 1.807) is 28.1 Å². The molecule has 0 aromatic heterocycles.